The fourth-order valence-corrected chi connectivity index (χ4v) is 2.94. The molecule has 110 valence electrons. The zero-order valence-corrected chi connectivity index (χ0v) is 12.2. The van der Waals surface area contributed by atoms with Gasteiger partial charge in [-0.25, -0.2) is 9.78 Å². The van der Waals surface area contributed by atoms with Crippen molar-refractivity contribution in [2.75, 3.05) is 26.7 Å². The molecule has 1 fully saturated rings. The van der Waals surface area contributed by atoms with E-state index in [-0.39, 0.29) is 5.69 Å². The maximum absolute atomic E-state index is 10.9. The first kappa shape index (κ1) is 14.9. The molecule has 1 atom stereocenters. The fraction of sp³-hybridized carbons (Fsp3) is 0.600. The number of likely N-dealkylation sites (tertiary alicyclic amines) is 1. The fourth-order valence-electron chi connectivity index (χ4n) is 2.94. The summed E-state index contributed by atoms with van der Waals surface area (Å²) < 4.78 is 0. The lowest BCUT2D eigenvalue weighted by Crippen LogP contribution is -2.38. The van der Waals surface area contributed by atoms with Crippen LogP contribution in [0.3, 0.4) is 0 Å². The number of aromatic carboxylic acids is 1. The zero-order chi connectivity index (χ0) is 14.5. The number of carbonyl (C=O) groups is 1. The summed E-state index contributed by atoms with van der Waals surface area (Å²) in [7, 11) is 2.09. The molecule has 1 N–H and O–H groups in total. The van der Waals surface area contributed by atoms with Crippen LogP contribution in [0.15, 0.2) is 18.3 Å². The normalized spacial score (nSPS) is 19.6. The van der Waals surface area contributed by atoms with Crippen molar-refractivity contribution in [3.8, 4) is 0 Å². The monoisotopic (exact) mass is 277 g/mol. The van der Waals surface area contributed by atoms with Gasteiger partial charge in [-0.05, 0) is 50.7 Å². The predicted octanol–water partition coefficient (Wildman–Crippen LogP) is 1.70. The Morgan fingerprint density at radius 3 is 3.10 bits per heavy atom. The van der Waals surface area contributed by atoms with E-state index in [1.54, 1.807) is 12.3 Å². The Kier molecular flexibility index (Phi) is 5.09. The van der Waals surface area contributed by atoms with Crippen LogP contribution in [0.2, 0.25) is 0 Å². The number of rotatable bonds is 6. The summed E-state index contributed by atoms with van der Waals surface area (Å²) in [5.41, 5.74) is 1.12. The Hall–Kier alpha value is -1.46. The minimum absolute atomic E-state index is 0.118. The van der Waals surface area contributed by atoms with E-state index in [4.69, 9.17) is 5.11 Å². The van der Waals surface area contributed by atoms with Gasteiger partial charge in [-0.1, -0.05) is 6.92 Å². The van der Waals surface area contributed by atoms with Gasteiger partial charge in [0.1, 0.15) is 5.69 Å². The van der Waals surface area contributed by atoms with Gasteiger partial charge in [0.05, 0.1) is 0 Å². The number of hydrogen-bond donors (Lipinski definition) is 1. The van der Waals surface area contributed by atoms with Gasteiger partial charge in [0.2, 0.25) is 0 Å². The van der Waals surface area contributed by atoms with Crippen molar-refractivity contribution < 1.29 is 9.90 Å². The van der Waals surface area contributed by atoms with Gasteiger partial charge in [-0.3, -0.25) is 4.90 Å². The molecule has 1 aliphatic heterocycles. The topological polar surface area (TPSA) is 56.7 Å². The summed E-state index contributed by atoms with van der Waals surface area (Å²) in [6.45, 7) is 6.31. The number of pyridine rings is 1. The van der Waals surface area contributed by atoms with Gasteiger partial charge < -0.3 is 10.0 Å². The Bertz CT molecular complexity index is 464. The van der Waals surface area contributed by atoms with E-state index in [9.17, 15) is 4.79 Å². The molecule has 0 radical (unpaired) electrons. The number of carboxylic acid groups (broad SMARTS) is 1. The number of nitrogens with zero attached hydrogens (tertiary/aromatic N) is 3. The minimum Gasteiger partial charge on any atom is -0.477 e. The second-order valence-electron chi connectivity index (χ2n) is 5.48. The van der Waals surface area contributed by atoms with E-state index in [0.717, 1.165) is 25.2 Å². The molecule has 2 heterocycles. The molecular weight excluding hydrogens is 254 g/mol. The number of carboxylic acids is 1. The summed E-state index contributed by atoms with van der Waals surface area (Å²) in [6, 6.07) is 4.17. The number of likely N-dealkylation sites (N-methyl/N-ethyl adjacent to an activating group) is 2. The molecule has 20 heavy (non-hydrogen) atoms. The van der Waals surface area contributed by atoms with Gasteiger partial charge >= 0.3 is 5.97 Å². The van der Waals surface area contributed by atoms with E-state index in [0.29, 0.717) is 6.04 Å². The lowest BCUT2D eigenvalue weighted by molar-refractivity contribution is 0.0690. The lowest BCUT2D eigenvalue weighted by atomic mass is 10.1. The molecule has 5 nitrogen and oxygen atoms in total. The molecule has 1 aromatic rings. The van der Waals surface area contributed by atoms with Crippen molar-refractivity contribution >= 4 is 5.97 Å². The van der Waals surface area contributed by atoms with Crippen LogP contribution in [0.1, 0.15) is 35.8 Å². The molecule has 5 heteroatoms. The highest BCUT2D eigenvalue weighted by atomic mass is 16.4. The van der Waals surface area contributed by atoms with Gasteiger partial charge in [0.15, 0.2) is 0 Å². The van der Waals surface area contributed by atoms with E-state index in [1.165, 1.54) is 19.4 Å². The Morgan fingerprint density at radius 2 is 2.40 bits per heavy atom. The minimum atomic E-state index is -0.970. The largest absolute Gasteiger partial charge is 0.477 e. The van der Waals surface area contributed by atoms with Gasteiger partial charge in [0, 0.05) is 25.3 Å². The van der Waals surface area contributed by atoms with E-state index >= 15 is 0 Å². The standard InChI is InChI=1S/C15H23N3O2/c1-3-18-8-4-5-13(18)11-17(2)10-12-6-7-16-14(9-12)15(19)20/h6-7,9,13H,3-5,8,10-11H2,1-2H3,(H,19,20). The molecular formula is C15H23N3O2. The average Bonchev–Trinajstić information content (AvgIpc) is 2.86. The molecule has 0 bridgehead atoms. The van der Waals surface area contributed by atoms with Crippen molar-refractivity contribution in [1.29, 1.82) is 0 Å². The second-order valence-corrected chi connectivity index (χ2v) is 5.48. The summed E-state index contributed by atoms with van der Waals surface area (Å²) in [5.74, 6) is -0.970. The molecule has 2 rings (SSSR count). The smallest absolute Gasteiger partial charge is 0.354 e. The predicted molar refractivity (Wildman–Crippen MR) is 77.8 cm³/mol. The van der Waals surface area contributed by atoms with Crippen LogP contribution >= 0.6 is 0 Å². The summed E-state index contributed by atoms with van der Waals surface area (Å²) in [4.78, 5) is 19.5. The van der Waals surface area contributed by atoms with Crippen LogP contribution < -0.4 is 0 Å². The first-order valence-electron chi connectivity index (χ1n) is 7.21. The maximum Gasteiger partial charge on any atom is 0.354 e. The van der Waals surface area contributed by atoms with Crippen molar-refractivity contribution in [2.45, 2.75) is 32.4 Å². The molecule has 1 aromatic heterocycles. The van der Waals surface area contributed by atoms with Crippen LogP contribution in [-0.4, -0.2) is 58.6 Å². The summed E-state index contributed by atoms with van der Waals surface area (Å²) in [5, 5.41) is 8.96. The first-order chi connectivity index (χ1) is 9.60. The molecule has 0 spiro atoms. The molecule has 1 aliphatic rings. The van der Waals surface area contributed by atoms with E-state index < -0.39 is 5.97 Å². The van der Waals surface area contributed by atoms with Crippen molar-refractivity contribution in [2.24, 2.45) is 0 Å². The van der Waals surface area contributed by atoms with E-state index in [1.807, 2.05) is 6.07 Å². The lowest BCUT2D eigenvalue weighted by Gasteiger charge is -2.27. The summed E-state index contributed by atoms with van der Waals surface area (Å²) in [6.07, 6.45) is 4.11. The van der Waals surface area contributed by atoms with Gasteiger partial charge in [0.25, 0.3) is 0 Å². The third-order valence-corrected chi connectivity index (χ3v) is 3.92. The molecule has 0 saturated carbocycles. The third-order valence-electron chi connectivity index (χ3n) is 3.92. The van der Waals surface area contributed by atoms with Crippen molar-refractivity contribution in [1.82, 2.24) is 14.8 Å². The highest BCUT2D eigenvalue weighted by molar-refractivity contribution is 5.85. The van der Waals surface area contributed by atoms with Crippen LogP contribution in [0, 0.1) is 0 Å². The Balaban J connectivity index is 1.92. The van der Waals surface area contributed by atoms with Gasteiger partial charge in [-0.15, -0.1) is 0 Å². The second kappa shape index (κ2) is 6.81. The molecule has 0 aliphatic carbocycles. The molecule has 1 unspecified atom stereocenters. The third kappa shape index (κ3) is 3.77. The van der Waals surface area contributed by atoms with Crippen molar-refractivity contribution in [3.63, 3.8) is 0 Å². The maximum atomic E-state index is 10.9. The Morgan fingerprint density at radius 1 is 1.60 bits per heavy atom. The Labute approximate surface area is 120 Å². The van der Waals surface area contributed by atoms with Crippen LogP contribution in [0.5, 0.6) is 0 Å². The van der Waals surface area contributed by atoms with Crippen LogP contribution in [0.25, 0.3) is 0 Å². The van der Waals surface area contributed by atoms with Crippen LogP contribution in [0.4, 0.5) is 0 Å². The molecule has 0 amide bonds. The summed E-state index contributed by atoms with van der Waals surface area (Å²) >= 11 is 0. The van der Waals surface area contributed by atoms with Gasteiger partial charge in [-0.2, -0.15) is 0 Å². The molecule has 0 aromatic carbocycles. The quantitative estimate of drug-likeness (QED) is 0.857. The average molecular weight is 277 g/mol. The van der Waals surface area contributed by atoms with Crippen LogP contribution in [-0.2, 0) is 6.54 Å². The number of aromatic nitrogens is 1. The number of hydrogen-bond acceptors (Lipinski definition) is 4. The highest BCUT2D eigenvalue weighted by Gasteiger charge is 2.23. The SMILES string of the molecule is CCN1CCCC1CN(C)Cc1ccnc(C(=O)O)c1. The first-order valence-corrected chi connectivity index (χ1v) is 7.21. The highest BCUT2D eigenvalue weighted by Crippen LogP contribution is 2.18. The van der Waals surface area contributed by atoms with E-state index in [2.05, 4.69) is 28.8 Å². The zero-order valence-electron chi connectivity index (χ0n) is 12.2. The molecule has 1 saturated heterocycles. The van der Waals surface area contributed by atoms with Crippen molar-refractivity contribution in [3.05, 3.63) is 29.6 Å².